The van der Waals surface area contributed by atoms with Crippen molar-refractivity contribution >= 4 is 17.3 Å². The molecule has 116 valence electrons. The molecule has 5 heteroatoms. The summed E-state index contributed by atoms with van der Waals surface area (Å²) in [5.41, 5.74) is 2.87. The number of hydrogen-bond acceptors (Lipinski definition) is 3. The number of nitrogens with zero attached hydrogens (tertiary/aromatic N) is 1. The third kappa shape index (κ3) is 5.52. The maximum Gasteiger partial charge on any atom is 0.191 e. The third-order valence-electron chi connectivity index (χ3n) is 3.71. The van der Waals surface area contributed by atoms with E-state index in [0.29, 0.717) is 5.92 Å². The first-order chi connectivity index (χ1) is 10.3. The van der Waals surface area contributed by atoms with Crippen molar-refractivity contribution in [2.24, 2.45) is 4.99 Å². The van der Waals surface area contributed by atoms with Gasteiger partial charge in [0.15, 0.2) is 5.96 Å². The number of rotatable bonds is 6. The molecule has 0 aliphatic carbocycles. The van der Waals surface area contributed by atoms with Crippen LogP contribution in [0.1, 0.15) is 31.2 Å². The highest BCUT2D eigenvalue weighted by Crippen LogP contribution is 2.17. The van der Waals surface area contributed by atoms with Crippen LogP contribution in [-0.2, 0) is 4.74 Å². The quantitative estimate of drug-likeness (QED) is 0.482. The zero-order valence-corrected chi connectivity index (χ0v) is 13.7. The van der Waals surface area contributed by atoms with E-state index >= 15 is 0 Å². The van der Waals surface area contributed by atoms with Gasteiger partial charge in [-0.05, 0) is 41.1 Å². The number of guanidine groups is 1. The van der Waals surface area contributed by atoms with Gasteiger partial charge in [-0.25, -0.2) is 0 Å². The van der Waals surface area contributed by atoms with Crippen LogP contribution in [0.5, 0.6) is 0 Å². The summed E-state index contributed by atoms with van der Waals surface area (Å²) in [6, 6.07) is 2.19. The Labute approximate surface area is 131 Å². The van der Waals surface area contributed by atoms with Crippen LogP contribution in [0.15, 0.2) is 33.5 Å². The van der Waals surface area contributed by atoms with Gasteiger partial charge in [-0.15, -0.1) is 0 Å². The molecule has 1 unspecified atom stereocenters. The molecule has 1 aliphatic rings. The Balaban J connectivity index is 1.67. The lowest BCUT2D eigenvalue weighted by molar-refractivity contribution is 0.153. The summed E-state index contributed by atoms with van der Waals surface area (Å²) in [4.78, 5) is 4.28. The Morgan fingerprint density at radius 3 is 3.05 bits per heavy atom. The third-order valence-corrected chi connectivity index (χ3v) is 4.41. The van der Waals surface area contributed by atoms with Crippen molar-refractivity contribution in [3.05, 3.63) is 34.0 Å². The van der Waals surface area contributed by atoms with Crippen LogP contribution in [0.4, 0.5) is 0 Å². The maximum absolute atomic E-state index is 5.32. The second-order valence-corrected chi connectivity index (χ2v) is 6.05. The van der Waals surface area contributed by atoms with Gasteiger partial charge in [0.25, 0.3) is 0 Å². The molecule has 0 radical (unpaired) electrons. The second kappa shape index (κ2) is 8.85. The molecule has 2 heterocycles. The van der Waals surface area contributed by atoms with Crippen molar-refractivity contribution in [2.45, 2.75) is 25.7 Å². The predicted molar refractivity (Wildman–Crippen MR) is 90.2 cm³/mol. The van der Waals surface area contributed by atoms with Gasteiger partial charge >= 0.3 is 0 Å². The molecular formula is C16H25N3OS. The van der Waals surface area contributed by atoms with Crippen LogP contribution in [0.2, 0.25) is 0 Å². The summed E-state index contributed by atoms with van der Waals surface area (Å²) in [7, 11) is 1.82. The van der Waals surface area contributed by atoms with Crippen molar-refractivity contribution < 1.29 is 4.74 Å². The van der Waals surface area contributed by atoms with E-state index in [1.165, 1.54) is 11.1 Å². The first-order valence-corrected chi connectivity index (χ1v) is 8.46. The smallest absolute Gasteiger partial charge is 0.191 e. The molecule has 0 saturated heterocycles. The van der Waals surface area contributed by atoms with Crippen molar-refractivity contribution in [1.82, 2.24) is 10.6 Å². The van der Waals surface area contributed by atoms with Gasteiger partial charge in [0.2, 0.25) is 0 Å². The lowest BCUT2D eigenvalue weighted by Gasteiger charge is -2.17. The fourth-order valence-corrected chi connectivity index (χ4v) is 3.06. The van der Waals surface area contributed by atoms with Crippen molar-refractivity contribution in [1.29, 1.82) is 0 Å². The molecule has 0 bridgehead atoms. The van der Waals surface area contributed by atoms with E-state index in [2.05, 4.69) is 45.5 Å². The molecule has 1 aliphatic heterocycles. The molecule has 2 N–H and O–H groups in total. The van der Waals surface area contributed by atoms with Crippen LogP contribution in [0, 0.1) is 0 Å². The molecular weight excluding hydrogens is 282 g/mol. The zero-order chi connectivity index (χ0) is 14.9. The minimum atomic E-state index is 0.494. The van der Waals surface area contributed by atoms with Gasteiger partial charge in [-0.2, -0.15) is 11.3 Å². The summed E-state index contributed by atoms with van der Waals surface area (Å²) in [5.74, 6) is 1.37. The van der Waals surface area contributed by atoms with E-state index < -0.39 is 0 Å². The lowest BCUT2D eigenvalue weighted by atomic mass is 10.1. The normalized spacial score (nSPS) is 17.2. The van der Waals surface area contributed by atoms with Gasteiger partial charge in [0.1, 0.15) is 0 Å². The van der Waals surface area contributed by atoms with E-state index in [9.17, 15) is 0 Å². The Hall–Kier alpha value is -1.33. The maximum atomic E-state index is 5.32. The summed E-state index contributed by atoms with van der Waals surface area (Å²) >= 11 is 1.75. The highest BCUT2D eigenvalue weighted by atomic mass is 32.1. The molecule has 0 aromatic carbocycles. The number of thiophene rings is 1. The fourth-order valence-electron chi connectivity index (χ4n) is 2.28. The summed E-state index contributed by atoms with van der Waals surface area (Å²) in [5, 5.41) is 11.1. The minimum Gasteiger partial charge on any atom is -0.377 e. The average Bonchev–Trinajstić information content (AvgIpc) is 3.06. The van der Waals surface area contributed by atoms with Gasteiger partial charge in [0, 0.05) is 20.1 Å². The lowest BCUT2D eigenvalue weighted by Crippen LogP contribution is -2.39. The molecule has 0 amide bonds. The Kier molecular flexibility index (Phi) is 6.76. The first-order valence-electron chi connectivity index (χ1n) is 7.52. The standard InChI is InChI=1S/C16H25N3OS/c1-13(15-6-10-21-12-15)11-19-16(17-2)18-7-3-14-4-8-20-9-5-14/h4,6,10,12-13H,3,5,7-9,11H2,1-2H3,(H2,17,18,19). The molecule has 0 spiro atoms. The summed E-state index contributed by atoms with van der Waals surface area (Å²) in [6.45, 7) is 5.66. The molecule has 4 nitrogen and oxygen atoms in total. The monoisotopic (exact) mass is 307 g/mol. The average molecular weight is 307 g/mol. The van der Waals surface area contributed by atoms with Crippen molar-refractivity contribution in [2.75, 3.05) is 33.4 Å². The first kappa shape index (κ1) is 16.0. The highest BCUT2D eigenvalue weighted by molar-refractivity contribution is 7.07. The van der Waals surface area contributed by atoms with E-state index in [4.69, 9.17) is 4.74 Å². The van der Waals surface area contributed by atoms with Gasteiger partial charge in [-0.3, -0.25) is 4.99 Å². The number of hydrogen-bond donors (Lipinski definition) is 2. The minimum absolute atomic E-state index is 0.494. The number of aliphatic imine (C=N–C) groups is 1. The Bertz CT molecular complexity index is 468. The van der Waals surface area contributed by atoms with Gasteiger partial charge in [-0.1, -0.05) is 18.6 Å². The van der Waals surface area contributed by atoms with Crippen molar-refractivity contribution in [3.63, 3.8) is 0 Å². The largest absolute Gasteiger partial charge is 0.377 e. The SMILES string of the molecule is CN=C(NCCC1=CCOCC1)NCC(C)c1ccsc1. The topological polar surface area (TPSA) is 45.7 Å². The fraction of sp³-hybridized carbons (Fsp3) is 0.562. The van der Waals surface area contributed by atoms with Crippen molar-refractivity contribution in [3.8, 4) is 0 Å². The zero-order valence-electron chi connectivity index (χ0n) is 12.9. The Morgan fingerprint density at radius 1 is 1.48 bits per heavy atom. The van der Waals surface area contributed by atoms with E-state index in [0.717, 1.165) is 45.1 Å². The molecule has 1 aromatic heterocycles. The summed E-state index contributed by atoms with van der Waals surface area (Å²) in [6.07, 6.45) is 4.31. The molecule has 0 fully saturated rings. The molecule has 0 saturated carbocycles. The van der Waals surface area contributed by atoms with E-state index in [-0.39, 0.29) is 0 Å². The number of ether oxygens (including phenoxy) is 1. The van der Waals surface area contributed by atoms with Crippen LogP contribution in [0.25, 0.3) is 0 Å². The predicted octanol–water partition coefficient (Wildman–Crippen LogP) is 2.75. The Morgan fingerprint density at radius 2 is 2.38 bits per heavy atom. The van der Waals surface area contributed by atoms with E-state index in [1.807, 2.05) is 7.05 Å². The van der Waals surface area contributed by atoms with Crippen LogP contribution >= 0.6 is 11.3 Å². The molecule has 1 atom stereocenters. The summed E-state index contributed by atoms with van der Waals surface area (Å²) < 4.78 is 5.32. The van der Waals surface area contributed by atoms with Gasteiger partial charge in [0.05, 0.1) is 13.2 Å². The molecule has 1 aromatic rings. The van der Waals surface area contributed by atoms with Crippen LogP contribution < -0.4 is 10.6 Å². The highest BCUT2D eigenvalue weighted by Gasteiger charge is 2.07. The molecule has 2 rings (SSSR count). The van der Waals surface area contributed by atoms with Crippen LogP contribution in [-0.4, -0.2) is 39.3 Å². The van der Waals surface area contributed by atoms with Crippen LogP contribution in [0.3, 0.4) is 0 Å². The second-order valence-electron chi connectivity index (χ2n) is 5.27. The number of nitrogens with one attached hydrogen (secondary N) is 2. The van der Waals surface area contributed by atoms with Gasteiger partial charge < -0.3 is 15.4 Å². The van der Waals surface area contributed by atoms with E-state index in [1.54, 1.807) is 11.3 Å². The molecule has 21 heavy (non-hydrogen) atoms.